The van der Waals surface area contributed by atoms with Crippen LogP contribution in [0.2, 0.25) is 0 Å². The Kier molecular flexibility index (Phi) is 12.5. The fourth-order valence-electron chi connectivity index (χ4n) is 3.18. The maximum atomic E-state index is 4.79. The van der Waals surface area contributed by atoms with E-state index >= 15 is 0 Å². The van der Waals surface area contributed by atoms with Gasteiger partial charge in [0.05, 0.1) is 5.01 Å². The van der Waals surface area contributed by atoms with Crippen LogP contribution in [-0.2, 0) is 6.42 Å². The number of aromatic nitrogens is 1. The molecule has 1 aromatic heterocycles. The first kappa shape index (κ1) is 24.6. The van der Waals surface area contributed by atoms with Crippen molar-refractivity contribution in [2.24, 2.45) is 10.9 Å². The normalized spacial score (nSPS) is 17.4. The lowest BCUT2D eigenvalue weighted by molar-refractivity contribution is 0.125. The Morgan fingerprint density at radius 3 is 2.52 bits per heavy atom. The molecule has 0 bridgehead atoms. The molecule has 156 valence electrons. The van der Waals surface area contributed by atoms with Crippen LogP contribution >= 0.6 is 35.3 Å². The predicted octanol–water partition coefficient (Wildman–Crippen LogP) is 2.44. The highest BCUT2D eigenvalue weighted by atomic mass is 127. The molecule has 0 radical (unpaired) electrons. The predicted molar refractivity (Wildman–Crippen MR) is 128 cm³/mol. The number of piperazine rings is 1. The smallest absolute Gasteiger partial charge is 0.191 e. The van der Waals surface area contributed by atoms with Gasteiger partial charge < -0.3 is 20.4 Å². The number of thiazole rings is 1. The largest absolute Gasteiger partial charge is 0.357 e. The summed E-state index contributed by atoms with van der Waals surface area (Å²) in [6, 6.07) is 0. The van der Waals surface area contributed by atoms with Crippen molar-refractivity contribution in [1.29, 1.82) is 0 Å². The molecule has 2 rings (SSSR count). The Morgan fingerprint density at radius 1 is 1.22 bits per heavy atom. The molecule has 1 unspecified atom stereocenters. The highest BCUT2D eigenvalue weighted by Crippen LogP contribution is 2.11. The molecule has 0 amide bonds. The summed E-state index contributed by atoms with van der Waals surface area (Å²) in [7, 11) is 0. The minimum atomic E-state index is 0. The molecule has 1 aromatic rings. The van der Waals surface area contributed by atoms with Crippen LogP contribution in [0.3, 0.4) is 0 Å². The number of guanidine groups is 1. The average molecular weight is 509 g/mol. The Hall–Kier alpha value is -0.450. The number of nitrogens with zero attached hydrogens (tertiary/aromatic N) is 4. The van der Waals surface area contributed by atoms with E-state index in [2.05, 4.69) is 53.1 Å². The minimum absolute atomic E-state index is 0. The third-order valence-corrected chi connectivity index (χ3v) is 5.66. The molecule has 0 aliphatic carbocycles. The molecule has 1 saturated heterocycles. The van der Waals surface area contributed by atoms with Crippen molar-refractivity contribution >= 4 is 41.3 Å². The van der Waals surface area contributed by atoms with E-state index in [1.165, 1.54) is 42.6 Å². The van der Waals surface area contributed by atoms with E-state index in [1.54, 1.807) is 11.3 Å². The molecule has 0 aromatic carbocycles. The molecular formula is C19H37IN6S. The highest BCUT2D eigenvalue weighted by Gasteiger charge is 2.17. The van der Waals surface area contributed by atoms with Gasteiger partial charge in [-0.15, -0.1) is 35.3 Å². The summed E-state index contributed by atoms with van der Waals surface area (Å²) in [6.45, 7) is 18.5. The van der Waals surface area contributed by atoms with Gasteiger partial charge in [-0.2, -0.15) is 0 Å². The molecule has 0 spiro atoms. The van der Waals surface area contributed by atoms with Gasteiger partial charge in [-0.3, -0.25) is 4.99 Å². The standard InChI is InChI=1S/C19H36N6S.HI/c1-5-20-19(21-8-7-18-22-14-17(4)26-18)23-13-16(3)15-25-11-9-24(6-2)10-12-25;/h14,16H,5-13,15H2,1-4H3,(H2,20,21,23);1H. The molecule has 1 fully saturated rings. The first-order valence-electron chi connectivity index (χ1n) is 9.98. The van der Waals surface area contributed by atoms with Crippen molar-refractivity contribution in [2.45, 2.75) is 34.1 Å². The Balaban J connectivity index is 0.00000364. The number of likely N-dealkylation sites (N-methyl/N-ethyl adjacent to an activating group) is 1. The lowest BCUT2D eigenvalue weighted by atomic mass is 10.1. The maximum Gasteiger partial charge on any atom is 0.191 e. The van der Waals surface area contributed by atoms with Crippen LogP contribution in [0, 0.1) is 12.8 Å². The maximum absolute atomic E-state index is 4.79. The second-order valence-electron chi connectivity index (χ2n) is 7.10. The lowest BCUT2D eigenvalue weighted by Gasteiger charge is -2.35. The van der Waals surface area contributed by atoms with E-state index in [9.17, 15) is 0 Å². The summed E-state index contributed by atoms with van der Waals surface area (Å²) >= 11 is 1.77. The van der Waals surface area contributed by atoms with E-state index in [0.717, 1.165) is 38.6 Å². The van der Waals surface area contributed by atoms with Gasteiger partial charge in [0.2, 0.25) is 0 Å². The summed E-state index contributed by atoms with van der Waals surface area (Å²) in [4.78, 5) is 15.6. The summed E-state index contributed by atoms with van der Waals surface area (Å²) in [5.41, 5.74) is 0. The third-order valence-electron chi connectivity index (χ3n) is 4.69. The van der Waals surface area contributed by atoms with Gasteiger partial charge in [-0.05, 0) is 26.3 Å². The molecule has 1 aliphatic heterocycles. The van der Waals surface area contributed by atoms with Gasteiger partial charge in [0.25, 0.3) is 0 Å². The van der Waals surface area contributed by atoms with Crippen molar-refractivity contribution < 1.29 is 0 Å². The Bertz CT molecular complexity index is 542. The first-order valence-corrected chi connectivity index (χ1v) is 10.8. The van der Waals surface area contributed by atoms with E-state index in [0.29, 0.717) is 5.92 Å². The molecule has 0 saturated carbocycles. The van der Waals surface area contributed by atoms with E-state index in [4.69, 9.17) is 4.99 Å². The number of aryl methyl sites for hydroxylation is 1. The number of halogens is 1. The van der Waals surface area contributed by atoms with E-state index in [1.807, 2.05) is 6.20 Å². The monoisotopic (exact) mass is 508 g/mol. The van der Waals surface area contributed by atoms with Crippen molar-refractivity contribution in [3.05, 3.63) is 16.1 Å². The third kappa shape index (κ3) is 9.54. The molecule has 27 heavy (non-hydrogen) atoms. The van der Waals surface area contributed by atoms with Crippen LogP contribution < -0.4 is 10.6 Å². The molecule has 1 aliphatic rings. The summed E-state index contributed by atoms with van der Waals surface area (Å²) in [6.07, 6.45) is 2.89. The summed E-state index contributed by atoms with van der Waals surface area (Å²) < 4.78 is 0. The summed E-state index contributed by atoms with van der Waals surface area (Å²) in [5.74, 6) is 1.49. The van der Waals surface area contributed by atoms with Gasteiger partial charge in [0, 0.05) is 69.9 Å². The van der Waals surface area contributed by atoms with Crippen LogP contribution in [0.4, 0.5) is 0 Å². The van der Waals surface area contributed by atoms with Gasteiger partial charge in [0.1, 0.15) is 0 Å². The zero-order valence-corrected chi connectivity index (χ0v) is 20.5. The average Bonchev–Trinajstić information content (AvgIpc) is 3.05. The molecule has 1 atom stereocenters. The second-order valence-corrected chi connectivity index (χ2v) is 8.42. The number of aliphatic imine (C=N–C) groups is 1. The molecule has 2 heterocycles. The molecule has 6 nitrogen and oxygen atoms in total. The van der Waals surface area contributed by atoms with Crippen molar-refractivity contribution in [2.75, 3.05) is 58.9 Å². The minimum Gasteiger partial charge on any atom is -0.357 e. The summed E-state index contributed by atoms with van der Waals surface area (Å²) in [5, 5.41) is 7.97. The van der Waals surface area contributed by atoms with Crippen molar-refractivity contribution in [3.8, 4) is 0 Å². The Morgan fingerprint density at radius 2 is 1.93 bits per heavy atom. The molecule has 8 heteroatoms. The van der Waals surface area contributed by atoms with Crippen LogP contribution in [0.15, 0.2) is 11.2 Å². The quantitative estimate of drug-likeness (QED) is 0.305. The molecule has 2 N–H and O–H groups in total. The van der Waals surface area contributed by atoms with Crippen LogP contribution in [-0.4, -0.2) is 79.6 Å². The van der Waals surface area contributed by atoms with Crippen LogP contribution in [0.1, 0.15) is 30.7 Å². The fourth-order valence-corrected chi connectivity index (χ4v) is 3.97. The van der Waals surface area contributed by atoms with Gasteiger partial charge in [0.15, 0.2) is 5.96 Å². The Labute approximate surface area is 186 Å². The number of rotatable bonds is 9. The van der Waals surface area contributed by atoms with Gasteiger partial charge in [-0.1, -0.05) is 13.8 Å². The zero-order valence-electron chi connectivity index (χ0n) is 17.3. The number of nitrogens with one attached hydrogen (secondary N) is 2. The number of hydrogen-bond acceptors (Lipinski definition) is 5. The van der Waals surface area contributed by atoms with Crippen LogP contribution in [0.25, 0.3) is 0 Å². The number of hydrogen-bond donors (Lipinski definition) is 2. The second kappa shape index (κ2) is 13.7. The van der Waals surface area contributed by atoms with E-state index < -0.39 is 0 Å². The van der Waals surface area contributed by atoms with Crippen LogP contribution in [0.5, 0.6) is 0 Å². The topological polar surface area (TPSA) is 55.8 Å². The van der Waals surface area contributed by atoms with E-state index in [-0.39, 0.29) is 24.0 Å². The van der Waals surface area contributed by atoms with Gasteiger partial charge >= 0.3 is 0 Å². The lowest BCUT2D eigenvalue weighted by Crippen LogP contribution is -2.47. The van der Waals surface area contributed by atoms with Crippen molar-refractivity contribution in [3.63, 3.8) is 0 Å². The molecular weight excluding hydrogens is 471 g/mol. The van der Waals surface area contributed by atoms with Crippen molar-refractivity contribution in [1.82, 2.24) is 25.4 Å². The first-order chi connectivity index (χ1) is 12.6. The SMILES string of the molecule is CCNC(=NCC(C)CN1CCN(CC)CC1)NCCc1ncc(C)s1.I. The van der Waals surface area contributed by atoms with Gasteiger partial charge in [-0.25, -0.2) is 4.98 Å². The fraction of sp³-hybridized carbons (Fsp3) is 0.789. The zero-order chi connectivity index (χ0) is 18.8. The highest BCUT2D eigenvalue weighted by molar-refractivity contribution is 14.0.